The molecule has 1 unspecified atom stereocenters. The summed E-state index contributed by atoms with van der Waals surface area (Å²) >= 11 is 4.22. The van der Waals surface area contributed by atoms with Crippen molar-refractivity contribution >= 4 is 30.5 Å². The average Bonchev–Trinajstić information content (AvgIpc) is 2.27. The molecule has 19 heavy (non-hydrogen) atoms. The molecular weight excluding hydrogens is 266 g/mol. The minimum Gasteiger partial charge on any atom is -0.481 e. The van der Waals surface area contributed by atoms with Crippen molar-refractivity contribution in [3.05, 3.63) is 5.82 Å². The van der Waals surface area contributed by atoms with E-state index >= 15 is 0 Å². The molecule has 1 rings (SSSR count). The van der Waals surface area contributed by atoms with E-state index in [1.807, 2.05) is 20.8 Å². The summed E-state index contributed by atoms with van der Waals surface area (Å²) in [6.45, 7) is 6.52. The highest BCUT2D eigenvalue weighted by Gasteiger charge is 2.17. The van der Waals surface area contributed by atoms with Crippen LogP contribution in [-0.2, 0) is 4.79 Å². The number of anilines is 2. The minimum atomic E-state index is -0.941. The quantitative estimate of drug-likeness (QED) is 0.564. The number of thiol groups is 1. The lowest BCUT2D eigenvalue weighted by molar-refractivity contribution is -0.137. The molecule has 1 atom stereocenters. The van der Waals surface area contributed by atoms with Crippen molar-refractivity contribution in [3.8, 4) is 0 Å². The van der Waals surface area contributed by atoms with Crippen LogP contribution in [0, 0.1) is 0 Å². The fourth-order valence-electron chi connectivity index (χ4n) is 1.36. The Kier molecular flexibility index (Phi) is 5.81. The van der Waals surface area contributed by atoms with Crippen LogP contribution in [0.2, 0.25) is 0 Å². The third-order valence-corrected chi connectivity index (χ3v) is 2.48. The molecule has 0 aliphatic rings. The van der Waals surface area contributed by atoms with Crippen LogP contribution >= 0.6 is 12.6 Å². The predicted octanol–water partition coefficient (Wildman–Crippen LogP) is 1.57. The molecule has 0 aromatic carbocycles. The molecule has 0 amide bonds. The zero-order valence-corrected chi connectivity index (χ0v) is 12.1. The smallest absolute Gasteiger partial charge is 0.304 e. The van der Waals surface area contributed by atoms with E-state index in [0.717, 1.165) is 0 Å². The minimum absolute atomic E-state index is 0.139. The normalized spacial score (nSPS) is 12.3. The van der Waals surface area contributed by atoms with Gasteiger partial charge >= 0.3 is 5.97 Å². The number of hydrogen-bond acceptors (Lipinski definition) is 7. The van der Waals surface area contributed by atoms with E-state index in [-0.39, 0.29) is 12.5 Å². The number of hydrogen-bond donors (Lipinski definition) is 4. The fourth-order valence-corrected chi connectivity index (χ4v) is 1.63. The van der Waals surface area contributed by atoms with E-state index in [4.69, 9.17) is 5.11 Å². The first kappa shape index (κ1) is 15.5. The molecule has 8 heteroatoms. The number of carbonyl (C=O) groups is 1. The van der Waals surface area contributed by atoms with Gasteiger partial charge in [-0.25, -0.2) is 0 Å². The van der Waals surface area contributed by atoms with Crippen LogP contribution in [0.25, 0.3) is 0 Å². The van der Waals surface area contributed by atoms with Gasteiger partial charge in [-0.1, -0.05) is 0 Å². The molecule has 1 heterocycles. The SMILES string of the molecule is CCNc1nc(NC(C)C)nc(C(S)CC(=O)O)n1. The molecule has 106 valence electrons. The van der Waals surface area contributed by atoms with Gasteiger partial charge in [-0.3, -0.25) is 4.79 Å². The summed E-state index contributed by atoms with van der Waals surface area (Å²) in [4.78, 5) is 23.3. The molecule has 0 radical (unpaired) electrons. The van der Waals surface area contributed by atoms with Gasteiger partial charge in [0.25, 0.3) is 0 Å². The van der Waals surface area contributed by atoms with E-state index in [9.17, 15) is 4.79 Å². The fraction of sp³-hybridized carbons (Fsp3) is 0.636. The zero-order chi connectivity index (χ0) is 14.4. The zero-order valence-electron chi connectivity index (χ0n) is 11.2. The Morgan fingerprint density at radius 2 is 1.95 bits per heavy atom. The molecule has 3 N–H and O–H groups in total. The van der Waals surface area contributed by atoms with Gasteiger partial charge in [0.05, 0.1) is 11.7 Å². The third kappa shape index (κ3) is 5.29. The molecule has 0 bridgehead atoms. The van der Waals surface area contributed by atoms with Crippen molar-refractivity contribution in [2.45, 2.75) is 38.5 Å². The van der Waals surface area contributed by atoms with Gasteiger partial charge in [-0.2, -0.15) is 27.6 Å². The molecule has 0 aliphatic carbocycles. The predicted molar refractivity (Wildman–Crippen MR) is 76.7 cm³/mol. The van der Waals surface area contributed by atoms with Crippen molar-refractivity contribution in [2.75, 3.05) is 17.2 Å². The van der Waals surface area contributed by atoms with Crippen LogP contribution in [0.3, 0.4) is 0 Å². The average molecular weight is 285 g/mol. The van der Waals surface area contributed by atoms with Crippen LogP contribution in [0.15, 0.2) is 0 Å². The van der Waals surface area contributed by atoms with Crippen LogP contribution in [0.4, 0.5) is 11.9 Å². The van der Waals surface area contributed by atoms with E-state index in [1.54, 1.807) is 0 Å². The summed E-state index contributed by atoms with van der Waals surface area (Å²) in [7, 11) is 0. The lowest BCUT2D eigenvalue weighted by atomic mass is 10.3. The Morgan fingerprint density at radius 1 is 1.32 bits per heavy atom. The van der Waals surface area contributed by atoms with E-state index in [0.29, 0.717) is 24.3 Å². The van der Waals surface area contributed by atoms with E-state index in [1.165, 1.54) is 0 Å². The molecule has 7 nitrogen and oxygen atoms in total. The Labute approximate surface area is 117 Å². The number of nitrogens with zero attached hydrogens (tertiary/aromatic N) is 3. The summed E-state index contributed by atoms with van der Waals surface area (Å²) in [6, 6.07) is 0.169. The van der Waals surface area contributed by atoms with Crippen LogP contribution in [0.5, 0.6) is 0 Å². The van der Waals surface area contributed by atoms with Crippen LogP contribution < -0.4 is 10.6 Å². The molecule has 1 aromatic heterocycles. The van der Waals surface area contributed by atoms with Crippen molar-refractivity contribution in [3.63, 3.8) is 0 Å². The maximum absolute atomic E-state index is 10.7. The third-order valence-electron chi connectivity index (χ3n) is 2.07. The molecule has 0 saturated carbocycles. The van der Waals surface area contributed by atoms with Crippen molar-refractivity contribution in [1.82, 2.24) is 15.0 Å². The van der Waals surface area contributed by atoms with E-state index in [2.05, 4.69) is 38.2 Å². The Balaban J connectivity index is 3.00. The molecule has 0 saturated heterocycles. The second kappa shape index (κ2) is 7.13. The number of rotatable bonds is 7. The van der Waals surface area contributed by atoms with Crippen LogP contribution in [0.1, 0.15) is 38.3 Å². The number of carboxylic acid groups (broad SMARTS) is 1. The van der Waals surface area contributed by atoms with Gasteiger partial charge in [-0.05, 0) is 20.8 Å². The maximum atomic E-state index is 10.7. The highest BCUT2D eigenvalue weighted by Crippen LogP contribution is 2.22. The number of nitrogens with one attached hydrogen (secondary N) is 2. The first-order chi connectivity index (χ1) is 8.92. The van der Waals surface area contributed by atoms with Crippen molar-refractivity contribution < 1.29 is 9.90 Å². The van der Waals surface area contributed by atoms with Gasteiger partial charge in [0.15, 0.2) is 0 Å². The number of aliphatic carboxylic acids is 1. The topological polar surface area (TPSA) is 100 Å². The van der Waals surface area contributed by atoms with Crippen molar-refractivity contribution in [1.29, 1.82) is 0 Å². The second-order valence-corrected chi connectivity index (χ2v) is 4.91. The lowest BCUT2D eigenvalue weighted by Crippen LogP contribution is -2.17. The van der Waals surface area contributed by atoms with Crippen LogP contribution in [-0.4, -0.2) is 38.6 Å². The van der Waals surface area contributed by atoms with Gasteiger partial charge < -0.3 is 15.7 Å². The maximum Gasteiger partial charge on any atom is 0.304 e. The summed E-state index contributed by atoms with van der Waals surface area (Å²) < 4.78 is 0. The highest BCUT2D eigenvalue weighted by atomic mass is 32.1. The standard InChI is InChI=1S/C11H19N5O2S/c1-4-12-10-14-9(7(19)5-8(17)18)15-11(16-10)13-6(2)3/h6-7,19H,4-5H2,1-3H3,(H,17,18)(H2,12,13,14,15,16). The van der Waals surface area contributed by atoms with Gasteiger partial charge in [0.2, 0.25) is 11.9 Å². The summed E-state index contributed by atoms with van der Waals surface area (Å²) in [5.41, 5.74) is 0. The molecular formula is C11H19N5O2S. The Morgan fingerprint density at radius 3 is 2.47 bits per heavy atom. The first-order valence-corrected chi connectivity index (χ1v) is 6.60. The Bertz CT molecular complexity index is 441. The molecule has 1 aromatic rings. The number of aromatic nitrogens is 3. The first-order valence-electron chi connectivity index (χ1n) is 6.08. The van der Waals surface area contributed by atoms with Gasteiger partial charge in [0, 0.05) is 12.6 Å². The summed E-state index contributed by atoms with van der Waals surface area (Å²) in [6.07, 6.45) is -0.139. The van der Waals surface area contributed by atoms with E-state index < -0.39 is 11.2 Å². The Hall–Kier alpha value is -1.57. The lowest BCUT2D eigenvalue weighted by Gasteiger charge is -2.13. The molecule has 0 spiro atoms. The van der Waals surface area contributed by atoms with Gasteiger partial charge in [0.1, 0.15) is 5.82 Å². The number of carboxylic acids is 1. The largest absolute Gasteiger partial charge is 0.481 e. The highest BCUT2D eigenvalue weighted by molar-refractivity contribution is 7.80. The van der Waals surface area contributed by atoms with Crippen molar-refractivity contribution in [2.24, 2.45) is 0 Å². The summed E-state index contributed by atoms with van der Waals surface area (Å²) in [5.74, 6) is 0.240. The second-order valence-electron chi connectivity index (χ2n) is 4.28. The molecule has 0 fully saturated rings. The van der Waals surface area contributed by atoms with Gasteiger partial charge in [-0.15, -0.1) is 0 Å². The monoisotopic (exact) mass is 285 g/mol. The molecule has 0 aliphatic heterocycles. The summed E-state index contributed by atoms with van der Waals surface area (Å²) in [5, 5.41) is 14.3.